The first-order valence-corrected chi connectivity index (χ1v) is 6.12. The molecule has 0 unspecified atom stereocenters. The van der Waals surface area contributed by atoms with E-state index in [2.05, 4.69) is 13.8 Å². The largest absolute Gasteiger partial charge is 0.463 e. The lowest BCUT2D eigenvalue weighted by Gasteiger charge is -2.06. The number of rotatable bonds is 8. The monoisotopic (exact) mass is 212 g/mol. The van der Waals surface area contributed by atoms with Crippen molar-refractivity contribution in [3.63, 3.8) is 0 Å². The second-order valence-electron chi connectivity index (χ2n) is 3.70. The molecule has 0 aromatic rings. The lowest BCUT2D eigenvalue weighted by Crippen LogP contribution is -2.07. The zero-order valence-electron chi connectivity index (χ0n) is 10.3. The predicted octanol–water partition coefficient (Wildman–Crippen LogP) is 3.86. The first-order valence-electron chi connectivity index (χ1n) is 6.12. The van der Waals surface area contributed by atoms with Crippen LogP contribution in [0.5, 0.6) is 0 Å². The van der Waals surface area contributed by atoms with Crippen LogP contribution in [-0.4, -0.2) is 12.6 Å². The summed E-state index contributed by atoms with van der Waals surface area (Å²) in [7, 11) is 0. The minimum atomic E-state index is -0.123. The molecule has 0 atom stereocenters. The van der Waals surface area contributed by atoms with Crippen molar-refractivity contribution in [3.05, 3.63) is 11.6 Å². The molecule has 0 aliphatic heterocycles. The summed E-state index contributed by atoms with van der Waals surface area (Å²) < 4.78 is 5.02. The topological polar surface area (TPSA) is 26.3 Å². The van der Waals surface area contributed by atoms with Gasteiger partial charge < -0.3 is 4.74 Å². The van der Waals surface area contributed by atoms with Gasteiger partial charge in [0.2, 0.25) is 0 Å². The molecule has 15 heavy (non-hydrogen) atoms. The fourth-order valence-corrected chi connectivity index (χ4v) is 1.40. The summed E-state index contributed by atoms with van der Waals surface area (Å²) in [6.45, 7) is 6.60. The van der Waals surface area contributed by atoms with Crippen LogP contribution in [0.15, 0.2) is 11.6 Å². The third-order valence-electron chi connectivity index (χ3n) is 2.27. The lowest BCUT2D eigenvalue weighted by atomic mass is 10.1. The summed E-state index contributed by atoms with van der Waals surface area (Å²) in [6.07, 6.45) is 8.41. The summed E-state index contributed by atoms with van der Waals surface area (Å²) in [5.41, 5.74) is 0.868. The number of carbonyl (C=O) groups is 1. The lowest BCUT2D eigenvalue weighted by molar-refractivity contribution is -0.138. The molecule has 0 aromatic heterocycles. The quantitative estimate of drug-likeness (QED) is 0.347. The number of hydrogen-bond donors (Lipinski definition) is 0. The van der Waals surface area contributed by atoms with Gasteiger partial charge in [0.1, 0.15) is 0 Å². The molecule has 0 aromatic carbocycles. The molecule has 0 saturated heterocycles. The molecule has 0 heterocycles. The van der Waals surface area contributed by atoms with Crippen molar-refractivity contribution < 1.29 is 9.53 Å². The highest BCUT2D eigenvalue weighted by atomic mass is 16.5. The Hall–Kier alpha value is -0.790. The molecule has 0 aliphatic carbocycles. The van der Waals surface area contributed by atoms with E-state index in [9.17, 15) is 4.79 Å². The first kappa shape index (κ1) is 14.2. The maximum Gasteiger partial charge on any atom is 0.333 e. The fourth-order valence-electron chi connectivity index (χ4n) is 1.40. The van der Waals surface area contributed by atoms with E-state index in [4.69, 9.17) is 4.74 Å². The summed E-state index contributed by atoms with van der Waals surface area (Å²) in [6, 6.07) is 0. The predicted molar refractivity (Wildman–Crippen MR) is 63.8 cm³/mol. The molecule has 2 heteroatoms. The molecular weight excluding hydrogens is 188 g/mol. The Morgan fingerprint density at radius 2 is 1.87 bits per heavy atom. The van der Waals surface area contributed by atoms with E-state index in [1.807, 2.05) is 13.0 Å². The molecule has 0 bridgehead atoms. The molecule has 0 N–H and O–H groups in total. The van der Waals surface area contributed by atoms with Gasteiger partial charge in [-0.3, -0.25) is 0 Å². The average Bonchev–Trinajstić information content (AvgIpc) is 2.23. The number of esters is 1. The van der Waals surface area contributed by atoms with Gasteiger partial charge in [-0.2, -0.15) is 0 Å². The van der Waals surface area contributed by atoms with Crippen molar-refractivity contribution in [2.24, 2.45) is 0 Å². The summed E-state index contributed by atoms with van der Waals surface area (Å²) in [5.74, 6) is -0.123. The van der Waals surface area contributed by atoms with Gasteiger partial charge in [0.15, 0.2) is 0 Å². The molecule has 0 aliphatic rings. The zero-order valence-corrected chi connectivity index (χ0v) is 10.3. The van der Waals surface area contributed by atoms with E-state index in [-0.39, 0.29) is 5.97 Å². The van der Waals surface area contributed by atoms with Crippen molar-refractivity contribution in [2.45, 2.75) is 59.3 Å². The zero-order chi connectivity index (χ0) is 11.5. The van der Waals surface area contributed by atoms with Crippen LogP contribution in [0.2, 0.25) is 0 Å². The van der Waals surface area contributed by atoms with Crippen LogP contribution in [0.25, 0.3) is 0 Å². The highest BCUT2D eigenvalue weighted by molar-refractivity contribution is 5.88. The van der Waals surface area contributed by atoms with Gasteiger partial charge in [-0.15, -0.1) is 0 Å². The van der Waals surface area contributed by atoms with Gasteiger partial charge in [0.05, 0.1) is 6.61 Å². The second-order valence-corrected chi connectivity index (χ2v) is 3.70. The first-order chi connectivity index (χ1) is 7.26. The van der Waals surface area contributed by atoms with Crippen LogP contribution in [0.4, 0.5) is 0 Å². The van der Waals surface area contributed by atoms with E-state index in [0.717, 1.165) is 31.3 Å². The van der Waals surface area contributed by atoms with Gasteiger partial charge in [-0.1, -0.05) is 39.2 Å². The highest BCUT2D eigenvalue weighted by Crippen LogP contribution is 2.12. The fraction of sp³-hybridized carbons (Fsp3) is 0.769. The minimum absolute atomic E-state index is 0.123. The number of carbonyl (C=O) groups excluding carboxylic acids is 1. The summed E-state index contributed by atoms with van der Waals surface area (Å²) in [4.78, 5) is 11.6. The minimum Gasteiger partial charge on any atom is -0.463 e. The van der Waals surface area contributed by atoms with E-state index in [1.165, 1.54) is 12.8 Å². The molecule has 0 saturated carbocycles. The van der Waals surface area contributed by atoms with Crippen molar-refractivity contribution in [3.8, 4) is 0 Å². The van der Waals surface area contributed by atoms with Crippen LogP contribution >= 0.6 is 0 Å². The smallest absolute Gasteiger partial charge is 0.333 e. The van der Waals surface area contributed by atoms with Crippen LogP contribution in [0, 0.1) is 0 Å². The Balaban J connectivity index is 4.11. The maximum atomic E-state index is 11.6. The van der Waals surface area contributed by atoms with E-state index >= 15 is 0 Å². The third kappa shape index (κ3) is 7.18. The standard InChI is InChI=1S/C13H24O2/c1-4-7-9-11-12(10-8-5-2)13(14)15-6-3/h10H,4-9,11H2,1-3H3. The SMILES string of the molecule is CCCC=C(CCCCC)C(=O)OCC. The van der Waals surface area contributed by atoms with Crippen LogP contribution in [0.3, 0.4) is 0 Å². The highest BCUT2D eigenvalue weighted by Gasteiger charge is 2.08. The third-order valence-corrected chi connectivity index (χ3v) is 2.27. The van der Waals surface area contributed by atoms with E-state index in [1.54, 1.807) is 0 Å². The van der Waals surface area contributed by atoms with Gasteiger partial charge in [-0.25, -0.2) is 4.79 Å². The van der Waals surface area contributed by atoms with Gasteiger partial charge in [0.25, 0.3) is 0 Å². The Morgan fingerprint density at radius 1 is 1.13 bits per heavy atom. The van der Waals surface area contributed by atoms with E-state index < -0.39 is 0 Å². The van der Waals surface area contributed by atoms with Crippen molar-refractivity contribution in [2.75, 3.05) is 6.61 Å². The number of hydrogen-bond acceptors (Lipinski definition) is 2. The molecule has 0 amide bonds. The average molecular weight is 212 g/mol. The van der Waals surface area contributed by atoms with Crippen LogP contribution < -0.4 is 0 Å². The molecule has 0 radical (unpaired) electrons. The molecule has 0 spiro atoms. The molecule has 88 valence electrons. The Labute approximate surface area is 93.7 Å². The summed E-state index contributed by atoms with van der Waals surface area (Å²) >= 11 is 0. The normalized spacial score (nSPS) is 11.5. The molecule has 2 nitrogen and oxygen atoms in total. The molecule has 0 rings (SSSR count). The number of unbranched alkanes of at least 4 members (excludes halogenated alkanes) is 3. The van der Waals surface area contributed by atoms with Crippen molar-refractivity contribution in [1.82, 2.24) is 0 Å². The number of ether oxygens (including phenoxy) is 1. The Bertz CT molecular complexity index is 195. The Morgan fingerprint density at radius 3 is 2.40 bits per heavy atom. The van der Waals surface area contributed by atoms with Crippen molar-refractivity contribution in [1.29, 1.82) is 0 Å². The Kier molecular flexibility index (Phi) is 9.24. The summed E-state index contributed by atoms with van der Waals surface area (Å²) in [5, 5.41) is 0. The van der Waals surface area contributed by atoms with E-state index in [0.29, 0.717) is 6.61 Å². The van der Waals surface area contributed by atoms with Crippen LogP contribution in [0.1, 0.15) is 59.3 Å². The molecule has 0 fully saturated rings. The van der Waals surface area contributed by atoms with Gasteiger partial charge in [0, 0.05) is 5.57 Å². The van der Waals surface area contributed by atoms with Crippen molar-refractivity contribution >= 4 is 5.97 Å². The van der Waals surface area contributed by atoms with Gasteiger partial charge >= 0.3 is 5.97 Å². The molecular formula is C13H24O2. The maximum absolute atomic E-state index is 11.6. The van der Waals surface area contributed by atoms with Crippen LogP contribution in [-0.2, 0) is 9.53 Å². The number of allylic oxidation sites excluding steroid dienone is 1. The second kappa shape index (κ2) is 9.75. The van der Waals surface area contributed by atoms with Gasteiger partial charge in [-0.05, 0) is 26.2 Å².